The van der Waals surface area contributed by atoms with Gasteiger partial charge in [0.05, 0.1) is 0 Å². The van der Waals surface area contributed by atoms with E-state index in [0.717, 1.165) is 13.1 Å². The molecule has 0 spiro atoms. The third-order valence-electron chi connectivity index (χ3n) is 3.63. The zero-order valence-corrected chi connectivity index (χ0v) is 11.5. The molecule has 1 amide bonds. The van der Waals surface area contributed by atoms with Gasteiger partial charge in [0.25, 0.3) is 0 Å². The average molecular weight is 270 g/mol. The number of aliphatic carboxylic acids is 1. The summed E-state index contributed by atoms with van der Waals surface area (Å²) in [5.74, 6) is -0.729. The number of nitrogens with one attached hydrogen (secondary N) is 1. The van der Waals surface area contributed by atoms with E-state index in [1.54, 1.807) is 0 Å². The van der Waals surface area contributed by atoms with E-state index in [0.29, 0.717) is 32.1 Å². The maximum Gasteiger partial charge on any atom is 0.326 e. The van der Waals surface area contributed by atoms with Gasteiger partial charge in [-0.3, -0.25) is 14.5 Å². The fourth-order valence-electron chi connectivity index (χ4n) is 2.51. The SMILES string of the molecule is CC1(C)CC(=O)CCN1CCCC(NC=O)C(=O)O. The summed E-state index contributed by atoms with van der Waals surface area (Å²) in [6, 6.07) is -0.827. The zero-order chi connectivity index (χ0) is 14.5. The van der Waals surface area contributed by atoms with Gasteiger partial charge in [0, 0.05) is 24.9 Å². The summed E-state index contributed by atoms with van der Waals surface area (Å²) < 4.78 is 0. The Bertz CT molecular complexity index is 355. The molecule has 1 rings (SSSR count). The summed E-state index contributed by atoms with van der Waals surface area (Å²) in [5, 5.41) is 11.2. The van der Waals surface area contributed by atoms with Crippen LogP contribution in [0, 0.1) is 0 Å². The summed E-state index contributed by atoms with van der Waals surface area (Å²) in [4.78, 5) is 34.8. The van der Waals surface area contributed by atoms with E-state index >= 15 is 0 Å². The Morgan fingerprint density at radius 2 is 2.26 bits per heavy atom. The molecular formula is C13H22N2O4. The molecule has 6 nitrogen and oxygen atoms in total. The van der Waals surface area contributed by atoms with Crippen LogP contribution in [0.2, 0.25) is 0 Å². The van der Waals surface area contributed by atoms with Crippen LogP contribution in [0.1, 0.15) is 39.5 Å². The van der Waals surface area contributed by atoms with Crippen molar-refractivity contribution >= 4 is 18.2 Å². The van der Waals surface area contributed by atoms with E-state index in [4.69, 9.17) is 5.11 Å². The summed E-state index contributed by atoms with van der Waals surface area (Å²) >= 11 is 0. The third kappa shape index (κ3) is 4.63. The Labute approximate surface area is 113 Å². The van der Waals surface area contributed by atoms with Crippen molar-refractivity contribution in [2.75, 3.05) is 13.1 Å². The van der Waals surface area contributed by atoms with Crippen LogP contribution in [0.5, 0.6) is 0 Å². The minimum absolute atomic E-state index is 0.161. The molecule has 1 heterocycles. The molecule has 0 aromatic carbocycles. The van der Waals surface area contributed by atoms with E-state index in [2.05, 4.69) is 10.2 Å². The molecule has 0 radical (unpaired) electrons. The van der Waals surface area contributed by atoms with Gasteiger partial charge in [-0.2, -0.15) is 0 Å². The van der Waals surface area contributed by atoms with Crippen LogP contribution in [0.3, 0.4) is 0 Å². The van der Waals surface area contributed by atoms with Crippen LogP contribution in [0.25, 0.3) is 0 Å². The monoisotopic (exact) mass is 270 g/mol. The Kier molecular flexibility index (Phi) is 5.47. The molecule has 2 N–H and O–H groups in total. The topological polar surface area (TPSA) is 86.7 Å². The second-order valence-electron chi connectivity index (χ2n) is 5.58. The Hall–Kier alpha value is -1.43. The zero-order valence-electron chi connectivity index (χ0n) is 11.5. The number of ketones is 1. The lowest BCUT2D eigenvalue weighted by atomic mass is 9.89. The second kappa shape index (κ2) is 6.65. The van der Waals surface area contributed by atoms with Crippen molar-refractivity contribution in [3.8, 4) is 0 Å². The smallest absolute Gasteiger partial charge is 0.326 e. The van der Waals surface area contributed by atoms with Crippen molar-refractivity contribution in [1.82, 2.24) is 10.2 Å². The lowest BCUT2D eigenvalue weighted by molar-refractivity contribution is -0.140. The molecule has 1 aliphatic heterocycles. The first kappa shape index (κ1) is 15.6. The first-order valence-corrected chi connectivity index (χ1v) is 6.56. The molecule has 1 unspecified atom stereocenters. The Balaban J connectivity index is 2.41. The Morgan fingerprint density at radius 3 is 2.79 bits per heavy atom. The first-order chi connectivity index (χ1) is 8.86. The minimum Gasteiger partial charge on any atom is -0.480 e. The number of carbonyl (C=O) groups excluding carboxylic acids is 2. The van der Waals surface area contributed by atoms with Crippen molar-refractivity contribution in [1.29, 1.82) is 0 Å². The molecule has 0 aliphatic carbocycles. The second-order valence-corrected chi connectivity index (χ2v) is 5.58. The van der Waals surface area contributed by atoms with Crippen molar-refractivity contribution in [3.05, 3.63) is 0 Å². The van der Waals surface area contributed by atoms with E-state index in [-0.39, 0.29) is 11.3 Å². The van der Waals surface area contributed by atoms with Gasteiger partial charge < -0.3 is 10.4 Å². The van der Waals surface area contributed by atoms with Crippen LogP contribution in [-0.4, -0.2) is 52.8 Å². The van der Waals surface area contributed by atoms with Gasteiger partial charge in [-0.15, -0.1) is 0 Å². The predicted molar refractivity (Wildman–Crippen MR) is 69.8 cm³/mol. The standard InChI is InChI=1S/C13H22N2O4/c1-13(2)8-10(17)5-7-15(13)6-3-4-11(12(18)19)14-9-16/h9,11H,3-8H2,1-2H3,(H,14,16)(H,18,19). The highest BCUT2D eigenvalue weighted by Gasteiger charge is 2.33. The molecule has 1 fully saturated rings. The number of hydrogen-bond acceptors (Lipinski definition) is 4. The number of nitrogens with zero attached hydrogens (tertiary/aromatic N) is 1. The van der Waals surface area contributed by atoms with E-state index in [9.17, 15) is 14.4 Å². The third-order valence-corrected chi connectivity index (χ3v) is 3.63. The number of carbonyl (C=O) groups is 3. The molecule has 1 atom stereocenters. The minimum atomic E-state index is -1.01. The molecule has 0 bridgehead atoms. The summed E-state index contributed by atoms with van der Waals surface area (Å²) in [6.45, 7) is 5.53. The van der Waals surface area contributed by atoms with Gasteiger partial charge >= 0.3 is 5.97 Å². The molecule has 0 aromatic heterocycles. The number of hydrogen-bond donors (Lipinski definition) is 2. The first-order valence-electron chi connectivity index (χ1n) is 6.56. The maximum absolute atomic E-state index is 11.4. The molecule has 1 saturated heterocycles. The van der Waals surface area contributed by atoms with Crippen LogP contribution in [0.15, 0.2) is 0 Å². The lowest BCUT2D eigenvalue weighted by Crippen LogP contribution is -2.50. The van der Waals surface area contributed by atoms with E-state index in [1.807, 2.05) is 13.8 Å². The van der Waals surface area contributed by atoms with Crippen LogP contribution in [0.4, 0.5) is 0 Å². The number of carboxylic acid groups (broad SMARTS) is 1. The van der Waals surface area contributed by atoms with Gasteiger partial charge in [-0.25, -0.2) is 4.79 Å². The summed E-state index contributed by atoms with van der Waals surface area (Å²) in [5.41, 5.74) is -0.161. The molecular weight excluding hydrogens is 248 g/mol. The quantitative estimate of drug-likeness (QED) is 0.654. The van der Waals surface area contributed by atoms with Gasteiger partial charge in [-0.1, -0.05) is 0 Å². The van der Waals surface area contributed by atoms with Crippen molar-refractivity contribution in [2.24, 2.45) is 0 Å². The maximum atomic E-state index is 11.4. The average Bonchev–Trinajstić information content (AvgIpc) is 2.29. The molecule has 108 valence electrons. The molecule has 1 aliphatic rings. The number of Topliss-reactive ketones (excluding diaryl/α,β-unsaturated/α-hetero) is 1. The number of rotatable bonds is 7. The van der Waals surface area contributed by atoms with Crippen LogP contribution < -0.4 is 5.32 Å². The summed E-state index contributed by atoms with van der Waals surface area (Å²) in [6.07, 6.45) is 2.60. The number of likely N-dealkylation sites (tertiary alicyclic amines) is 1. The van der Waals surface area contributed by atoms with Gasteiger partial charge in [0.2, 0.25) is 6.41 Å². The molecule has 0 saturated carbocycles. The summed E-state index contributed by atoms with van der Waals surface area (Å²) in [7, 11) is 0. The molecule has 6 heteroatoms. The molecule has 19 heavy (non-hydrogen) atoms. The van der Waals surface area contributed by atoms with Crippen LogP contribution in [-0.2, 0) is 14.4 Å². The van der Waals surface area contributed by atoms with Gasteiger partial charge in [0.1, 0.15) is 11.8 Å². The number of piperidine rings is 1. The van der Waals surface area contributed by atoms with E-state index < -0.39 is 12.0 Å². The highest BCUT2D eigenvalue weighted by molar-refractivity contribution is 5.80. The fraction of sp³-hybridized carbons (Fsp3) is 0.769. The van der Waals surface area contributed by atoms with E-state index in [1.165, 1.54) is 0 Å². The van der Waals surface area contributed by atoms with Crippen molar-refractivity contribution in [3.63, 3.8) is 0 Å². The van der Waals surface area contributed by atoms with Crippen LogP contribution >= 0.6 is 0 Å². The number of amides is 1. The fourth-order valence-corrected chi connectivity index (χ4v) is 2.51. The lowest BCUT2D eigenvalue weighted by Gasteiger charge is -2.41. The van der Waals surface area contributed by atoms with Crippen molar-refractivity contribution < 1.29 is 19.5 Å². The predicted octanol–water partition coefficient (Wildman–Crippen LogP) is 0.409. The number of carboxylic acids is 1. The van der Waals surface area contributed by atoms with Gasteiger partial charge in [0.15, 0.2) is 0 Å². The van der Waals surface area contributed by atoms with Gasteiger partial charge in [-0.05, 0) is 33.2 Å². The Morgan fingerprint density at radius 1 is 1.58 bits per heavy atom. The van der Waals surface area contributed by atoms with Crippen molar-refractivity contribution in [2.45, 2.75) is 51.1 Å². The highest BCUT2D eigenvalue weighted by atomic mass is 16.4. The normalized spacial score (nSPS) is 20.8. The largest absolute Gasteiger partial charge is 0.480 e. The highest BCUT2D eigenvalue weighted by Crippen LogP contribution is 2.25. The molecule has 0 aromatic rings.